The van der Waals surface area contributed by atoms with E-state index < -0.39 is 10.9 Å². The van der Waals surface area contributed by atoms with Crippen LogP contribution < -0.4 is 21.1 Å². The van der Waals surface area contributed by atoms with Crippen molar-refractivity contribution in [1.82, 2.24) is 9.80 Å². The summed E-state index contributed by atoms with van der Waals surface area (Å²) in [5, 5.41) is 3.19. The Hall–Kier alpha value is -2.09. The second kappa shape index (κ2) is 9.41. The predicted octanol–water partition coefficient (Wildman–Crippen LogP) is 1.10. The van der Waals surface area contributed by atoms with Crippen molar-refractivity contribution in [2.75, 3.05) is 69.2 Å². The van der Waals surface area contributed by atoms with Gasteiger partial charge in [-0.05, 0) is 45.2 Å². The molecule has 1 N–H and O–H groups in total. The molecule has 2 aliphatic heterocycles. The summed E-state index contributed by atoms with van der Waals surface area (Å²) in [5.41, 5.74) is 0.0908. The Morgan fingerprint density at radius 3 is 2.57 bits per heavy atom. The molecule has 1 amide bonds. The van der Waals surface area contributed by atoms with Gasteiger partial charge in [-0.15, -0.1) is 0 Å². The number of rotatable bonds is 7. The molecule has 1 atom stereocenters. The van der Waals surface area contributed by atoms with Crippen molar-refractivity contribution in [3.05, 3.63) is 20.4 Å². The van der Waals surface area contributed by atoms with Gasteiger partial charge in [-0.25, -0.2) is 4.79 Å². The highest BCUT2D eigenvalue weighted by molar-refractivity contribution is 5.76. The van der Waals surface area contributed by atoms with Gasteiger partial charge in [0.1, 0.15) is 11.4 Å². The van der Waals surface area contributed by atoms with Gasteiger partial charge in [-0.1, -0.05) is 6.92 Å². The predicted molar refractivity (Wildman–Crippen MR) is 110 cm³/mol. The van der Waals surface area contributed by atoms with Crippen molar-refractivity contribution in [2.24, 2.45) is 5.92 Å². The summed E-state index contributed by atoms with van der Waals surface area (Å²) < 4.78 is 5.02. The molecule has 8 nitrogen and oxygen atoms in total. The number of piperidine rings is 1. The number of carbonyl (C=O) groups excluding carboxylic acids is 1. The summed E-state index contributed by atoms with van der Waals surface area (Å²) in [4.78, 5) is 41.9. The second-order valence-corrected chi connectivity index (χ2v) is 7.88. The van der Waals surface area contributed by atoms with Crippen molar-refractivity contribution in [2.45, 2.75) is 33.1 Å². The molecule has 0 spiro atoms. The minimum Gasteiger partial charge on any atom is -0.450 e. The van der Waals surface area contributed by atoms with Crippen LogP contribution in [0.2, 0.25) is 0 Å². The number of nitrogens with one attached hydrogen (secondary N) is 1. The van der Waals surface area contributed by atoms with E-state index in [-0.39, 0.29) is 6.09 Å². The highest BCUT2D eigenvalue weighted by Gasteiger charge is 2.30. The first-order chi connectivity index (χ1) is 13.5. The normalized spacial score (nSPS) is 21.1. The van der Waals surface area contributed by atoms with E-state index in [9.17, 15) is 14.4 Å². The third kappa shape index (κ3) is 4.66. The van der Waals surface area contributed by atoms with Crippen LogP contribution in [0.3, 0.4) is 0 Å². The fraction of sp³-hybridized carbons (Fsp3) is 0.750. The summed E-state index contributed by atoms with van der Waals surface area (Å²) in [7, 11) is 0. The molecule has 0 aromatic heterocycles. The fourth-order valence-corrected chi connectivity index (χ4v) is 4.18. The van der Waals surface area contributed by atoms with Crippen molar-refractivity contribution in [1.29, 1.82) is 0 Å². The number of hydrogen-bond donors (Lipinski definition) is 1. The first-order valence-corrected chi connectivity index (χ1v) is 10.5. The average molecular weight is 393 g/mol. The smallest absolute Gasteiger partial charge is 0.409 e. The molecule has 2 heterocycles. The van der Waals surface area contributed by atoms with E-state index in [2.05, 4.69) is 17.1 Å². The molecule has 0 unspecified atom stereocenters. The summed E-state index contributed by atoms with van der Waals surface area (Å²) in [5.74, 6) is 0.759. The molecule has 0 saturated carbocycles. The van der Waals surface area contributed by atoms with E-state index >= 15 is 0 Å². The van der Waals surface area contributed by atoms with Crippen LogP contribution in [0.15, 0.2) is 9.59 Å². The molecular formula is C20H32N4O4. The zero-order valence-corrected chi connectivity index (χ0v) is 17.0. The van der Waals surface area contributed by atoms with E-state index in [1.807, 2.05) is 4.90 Å². The minimum absolute atomic E-state index is 0.322. The number of carbonyl (C=O) groups is 1. The lowest BCUT2D eigenvalue weighted by Gasteiger charge is -2.36. The average Bonchev–Trinajstić information content (AvgIpc) is 2.70. The number of anilines is 2. The lowest BCUT2D eigenvalue weighted by Crippen LogP contribution is -2.53. The van der Waals surface area contributed by atoms with Gasteiger partial charge in [-0.3, -0.25) is 9.59 Å². The third-order valence-electron chi connectivity index (χ3n) is 5.70. The Balaban J connectivity index is 1.47. The van der Waals surface area contributed by atoms with Crippen molar-refractivity contribution < 1.29 is 9.53 Å². The van der Waals surface area contributed by atoms with Crippen molar-refractivity contribution in [3.63, 3.8) is 0 Å². The Kier molecular flexibility index (Phi) is 6.93. The largest absolute Gasteiger partial charge is 0.450 e. The summed E-state index contributed by atoms with van der Waals surface area (Å²) >= 11 is 0. The summed E-state index contributed by atoms with van der Waals surface area (Å²) in [6.07, 6.45) is 3.19. The lowest BCUT2D eigenvalue weighted by atomic mass is 10.0. The Morgan fingerprint density at radius 2 is 1.89 bits per heavy atom. The number of ether oxygens (including phenoxy) is 1. The van der Waals surface area contributed by atoms with Crippen LogP contribution in [-0.4, -0.2) is 74.9 Å². The zero-order chi connectivity index (χ0) is 20.1. The first-order valence-electron chi connectivity index (χ1n) is 10.5. The van der Waals surface area contributed by atoms with E-state index in [0.717, 1.165) is 32.0 Å². The second-order valence-electron chi connectivity index (χ2n) is 7.88. The van der Waals surface area contributed by atoms with E-state index in [0.29, 0.717) is 50.7 Å². The summed E-state index contributed by atoms with van der Waals surface area (Å²) in [6, 6.07) is 0. The molecule has 28 heavy (non-hydrogen) atoms. The van der Waals surface area contributed by atoms with Crippen LogP contribution in [0.5, 0.6) is 0 Å². The maximum absolute atomic E-state index is 12.1. The van der Waals surface area contributed by atoms with Crippen LogP contribution >= 0.6 is 0 Å². The van der Waals surface area contributed by atoms with Gasteiger partial charge in [0.05, 0.1) is 6.61 Å². The van der Waals surface area contributed by atoms with Gasteiger partial charge >= 0.3 is 6.09 Å². The van der Waals surface area contributed by atoms with Gasteiger partial charge in [-0.2, -0.15) is 0 Å². The number of nitrogens with zero attached hydrogens (tertiary/aromatic N) is 3. The number of likely N-dealkylation sites (tertiary alicyclic amines) is 1. The molecule has 156 valence electrons. The van der Waals surface area contributed by atoms with Gasteiger partial charge in [0.15, 0.2) is 0 Å². The molecule has 2 aliphatic rings. The van der Waals surface area contributed by atoms with E-state index in [4.69, 9.17) is 4.74 Å². The van der Waals surface area contributed by atoms with E-state index in [1.165, 1.54) is 12.8 Å². The maximum atomic E-state index is 12.1. The standard InChI is InChI=1S/C20H32N4O4/c1-3-28-20(27)24-12-10-23(11-13-24)17-16(18(25)19(17)26)21-7-5-9-22-8-4-6-15(2)14-22/h15,21H,3-14H2,1-2H3/t15-/m0/s1. The van der Waals surface area contributed by atoms with Gasteiger partial charge < -0.3 is 24.8 Å². The maximum Gasteiger partial charge on any atom is 0.409 e. The van der Waals surface area contributed by atoms with Crippen molar-refractivity contribution in [3.8, 4) is 0 Å². The third-order valence-corrected chi connectivity index (χ3v) is 5.70. The van der Waals surface area contributed by atoms with Crippen LogP contribution in [0.25, 0.3) is 0 Å². The molecule has 2 saturated heterocycles. The molecule has 1 aromatic rings. The molecule has 1 aromatic carbocycles. The highest BCUT2D eigenvalue weighted by atomic mass is 16.6. The SMILES string of the molecule is CCOC(=O)N1CCN(c2c(NCCCN3CCC[C@H](C)C3)c(=O)c2=O)CC1. The van der Waals surface area contributed by atoms with Gasteiger partial charge in [0.25, 0.3) is 10.9 Å². The molecule has 0 aliphatic carbocycles. The topological polar surface area (TPSA) is 82.2 Å². The number of amides is 1. The number of piperazine rings is 1. The molecule has 0 radical (unpaired) electrons. The Morgan fingerprint density at radius 1 is 1.14 bits per heavy atom. The molecule has 8 heteroatoms. The van der Waals surface area contributed by atoms with Crippen molar-refractivity contribution >= 4 is 17.5 Å². The molecule has 2 fully saturated rings. The monoisotopic (exact) mass is 392 g/mol. The Labute approximate surface area is 166 Å². The first kappa shape index (κ1) is 20.6. The summed E-state index contributed by atoms with van der Waals surface area (Å²) in [6.45, 7) is 10.5. The van der Waals surface area contributed by atoms with Crippen LogP contribution in [-0.2, 0) is 4.74 Å². The van der Waals surface area contributed by atoms with E-state index in [1.54, 1.807) is 11.8 Å². The van der Waals surface area contributed by atoms with Crippen LogP contribution in [0, 0.1) is 5.92 Å². The van der Waals surface area contributed by atoms with Crippen LogP contribution in [0.1, 0.15) is 33.1 Å². The fourth-order valence-electron chi connectivity index (χ4n) is 4.18. The molecular weight excluding hydrogens is 360 g/mol. The quantitative estimate of drug-likeness (QED) is 0.549. The zero-order valence-electron chi connectivity index (χ0n) is 17.0. The van der Waals surface area contributed by atoms with Gasteiger partial charge in [0.2, 0.25) is 0 Å². The Bertz CT molecular complexity index is 735. The lowest BCUT2D eigenvalue weighted by molar-refractivity contribution is 0.105. The highest BCUT2D eigenvalue weighted by Crippen LogP contribution is 2.22. The minimum atomic E-state index is -0.422. The van der Waals surface area contributed by atoms with Gasteiger partial charge in [0, 0.05) is 39.3 Å². The molecule has 3 rings (SSSR count). The van der Waals surface area contributed by atoms with Crippen LogP contribution in [0.4, 0.5) is 16.2 Å². The number of hydrogen-bond acceptors (Lipinski definition) is 7. The molecule has 0 bridgehead atoms.